The van der Waals surface area contributed by atoms with Crippen LogP contribution in [0.1, 0.15) is 109 Å². The van der Waals surface area contributed by atoms with Crippen molar-refractivity contribution in [3.05, 3.63) is 88.4 Å². The monoisotopic (exact) mass is 642 g/mol. The van der Waals surface area contributed by atoms with E-state index in [0.717, 1.165) is 105 Å². The van der Waals surface area contributed by atoms with Crippen LogP contribution in [0.15, 0.2) is 76.6 Å². The molecule has 2 aliphatic heterocycles. The summed E-state index contributed by atoms with van der Waals surface area (Å²) in [5.74, 6) is 1.14. The second kappa shape index (κ2) is 19.9. The molecule has 1 fully saturated rings. The Hall–Kier alpha value is -3.59. The van der Waals surface area contributed by atoms with Crippen molar-refractivity contribution in [3.8, 4) is 0 Å². The van der Waals surface area contributed by atoms with E-state index in [1.165, 1.54) is 11.1 Å². The van der Waals surface area contributed by atoms with Gasteiger partial charge < -0.3 is 21.1 Å². The number of carbonyl (C=O) groups is 1. The molecule has 1 aromatic heterocycles. The zero-order chi connectivity index (χ0) is 34.2. The highest BCUT2D eigenvalue weighted by Gasteiger charge is 2.22. The molecule has 4 N–H and O–H groups in total. The summed E-state index contributed by atoms with van der Waals surface area (Å²) >= 11 is 0. The zero-order valence-electron chi connectivity index (χ0n) is 29.9. The highest BCUT2D eigenvalue weighted by Crippen LogP contribution is 2.28. The van der Waals surface area contributed by atoms with Gasteiger partial charge in [-0.25, -0.2) is 4.99 Å². The van der Waals surface area contributed by atoms with Crippen molar-refractivity contribution in [2.24, 2.45) is 16.6 Å². The summed E-state index contributed by atoms with van der Waals surface area (Å²) in [4.78, 5) is 24.4. The van der Waals surface area contributed by atoms with Crippen molar-refractivity contribution in [3.63, 3.8) is 0 Å². The van der Waals surface area contributed by atoms with Gasteiger partial charge in [0.05, 0.1) is 0 Å². The minimum atomic E-state index is -0.218. The number of carbonyl (C=O) groups excluding carboxylic acids is 1. The van der Waals surface area contributed by atoms with Crippen molar-refractivity contribution < 1.29 is 9.53 Å². The normalized spacial score (nSPS) is 19.4. The van der Waals surface area contributed by atoms with E-state index in [1.54, 1.807) is 6.20 Å². The van der Waals surface area contributed by atoms with Crippen molar-refractivity contribution in [2.45, 2.75) is 99.6 Å². The fraction of sp³-hybridized carbons (Fsp3) is 0.513. The average molecular weight is 643 g/mol. The van der Waals surface area contributed by atoms with E-state index in [4.69, 9.17) is 15.5 Å². The lowest BCUT2D eigenvalue weighted by molar-refractivity contribution is 0.102. The second-order valence-corrected chi connectivity index (χ2v) is 12.7. The number of ether oxygens (including phenoxy) is 1. The Labute approximate surface area is 283 Å². The third kappa shape index (κ3) is 12.2. The van der Waals surface area contributed by atoms with E-state index in [9.17, 15) is 4.79 Å². The Morgan fingerprint density at radius 3 is 2.51 bits per heavy atom. The molecular formula is C39H58N6O2. The van der Waals surface area contributed by atoms with Crippen molar-refractivity contribution >= 4 is 23.1 Å². The molecule has 0 bridgehead atoms. The number of pyridine rings is 1. The summed E-state index contributed by atoms with van der Waals surface area (Å²) in [6, 6.07) is 12.0. The molecule has 8 nitrogen and oxygen atoms in total. The van der Waals surface area contributed by atoms with Crippen molar-refractivity contribution in [1.82, 2.24) is 15.2 Å². The predicted octanol–water partition coefficient (Wildman–Crippen LogP) is 8.10. The standard InChI is InChI=1S/C33H44N6O.C6H14O/c1-6-22(3)19-36-32-29(24(5)23(4)7-2)18-30(38-32)26-10-12-28(13-11-26)37-33(40)31-17-25(14-15-35-31)20-39-16-8-9-27(34)21-39;1-3-5-7-6-4-2/h10-15,17-19,23,27H,6-9,16,20-21,34H2,1-5H3,(H,36,38)(H,37,40);3-6H2,1-2H3/b22-19?,29-24+;. The van der Waals surface area contributed by atoms with Gasteiger partial charge in [-0.3, -0.25) is 14.7 Å². The highest BCUT2D eigenvalue weighted by atomic mass is 16.5. The molecule has 2 aliphatic rings. The number of aromatic nitrogens is 1. The summed E-state index contributed by atoms with van der Waals surface area (Å²) in [5, 5.41) is 6.52. The average Bonchev–Trinajstić information content (AvgIpc) is 3.51. The van der Waals surface area contributed by atoms with Crippen LogP contribution in [0.25, 0.3) is 5.70 Å². The van der Waals surface area contributed by atoms with Crippen LogP contribution in [-0.2, 0) is 11.3 Å². The molecule has 2 aromatic rings. The van der Waals surface area contributed by atoms with Crippen LogP contribution >= 0.6 is 0 Å². The maximum absolute atomic E-state index is 13.0. The number of benzene rings is 1. The Morgan fingerprint density at radius 1 is 1.15 bits per heavy atom. The summed E-state index contributed by atoms with van der Waals surface area (Å²) in [5.41, 5.74) is 14.1. The number of likely N-dealkylation sites (tertiary alicyclic amines) is 1. The molecule has 0 aliphatic carbocycles. The largest absolute Gasteiger partial charge is 0.381 e. The van der Waals surface area contributed by atoms with E-state index >= 15 is 0 Å². The summed E-state index contributed by atoms with van der Waals surface area (Å²) < 4.78 is 5.13. The first-order valence-corrected chi connectivity index (χ1v) is 17.5. The molecule has 256 valence electrons. The smallest absolute Gasteiger partial charge is 0.274 e. The molecular weight excluding hydrogens is 584 g/mol. The van der Waals surface area contributed by atoms with Gasteiger partial charge in [0, 0.05) is 61.7 Å². The van der Waals surface area contributed by atoms with Gasteiger partial charge in [-0.15, -0.1) is 0 Å². The second-order valence-electron chi connectivity index (χ2n) is 12.7. The lowest BCUT2D eigenvalue weighted by atomic mass is 9.94. The van der Waals surface area contributed by atoms with Gasteiger partial charge in [0.1, 0.15) is 11.5 Å². The third-order valence-corrected chi connectivity index (χ3v) is 8.70. The van der Waals surface area contributed by atoms with Gasteiger partial charge in [0.15, 0.2) is 0 Å². The first-order valence-electron chi connectivity index (χ1n) is 17.5. The quantitative estimate of drug-likeness (QED) is 0.191. The van der Waals surface area contributed by atoms with E-state index in [1.807, 2.05) is 42.6 Å². The van der Waals surface area contributed by atoms with Crippen LogP contribution in [0.3, 0.4) is 0 Å². The number of aliphatic imine (C=N–C) groups is 1. The first-order chi connectivity index (χ1) is 22.7. The lowest BCUT2D eigenvalue weighted by Crippen LogP contribution is -2.42. The fourth-order valence-corrected chi connectivity index (χ4v) is 5.35. The van der Waals surface area contributed by atoms with Crippen molar-refractivity contribution in [1.29, 1.82) is 0 Å². The molecule has 0 saturated carbocycles. The number of nitrogens with zero attached hydrogens (tertiary/aromatic N) is 3. The van der Waals surface area contributed by atoms with Crippen LogP contribution in [0.4, 0.5) is 5.69 Å². The summed E-state index contributed by atoms with van der Waals surface area (Å²) in [7, 11) is 0. The fourth-order valence-electron chi connectivity index (χ4n) is 5.35. The van der Waals surface area contributed by atoms with Gasteiger partial charge in [0.25, 0.3) is 5.91 Å². The third-order valence-electron chi connectivity index (χ3n) is 8.70. The molecule has 3 heterocycles. The molecule has 0 spiro atoms. The van der Waals surface area contributed by atoms with Crippen molar-refractivity contribution in [2.75, 3.05) is 31.6 Å². The molecule has 2 unspecified atom stereocenters. The number of hydrogen-bond acceptors (Lipinski definition) is 6. The van der Waals surface area contributed by atoms with E-state index in [2.05, 4.69) is 75.1 Å². The zero-order valence-corrected chi connectivity index (χ0v) is 29.9. The Balaban J connectivity index is 0.000000771. The number of nitrogens with one attached hydrogen (secondary N) is 2. The Bertz CT molecular complexity index is 1400. The van der Waals surface area contributed by atoms with Gasteiger partial charge in [-0.2, -0.15) is 0 Å². The SMILES string of the molecule is CCC(C)=CN=C1NC(c2ccc(NC(=O)c3cc(CN4CCCC(N)C4)ccn3)cc2)=C/C1=C(/C)C(C)CC.CCCOCCC. The molecule has 0 radical (unpaired) electrons. The number of allylic oxidation sites excluding steroid dienone is 2. The minimum absolute atomic E-state index is 0.218. The van der Waals surface area contributed by atoms with Crippen LogP contribution in [0.5, 0.6) is 0 Å². The first kappa shape index (κ1) is 37.9. The number of piperidine rings is 1. The topological polar surface area (TPSA) is 105 Å². The van der Waals surface area contributed by atoms with Gasteiger partial charge >= 0.3 is 0 Å². The molecule has 1 aromatic carbocycles. The summed E-state index contributed by atoms with van der Waals surface area (Å²) in [6.07, 6.45) is 12.4. The highest BCUT2D eigenvalue weighted by molar-refractivity contribution is 6.12. The molecule has 47 heavy (non-hydrogen) atoms. The molecule has 1 amide bonds. The predicted molar refractivity (Wildman–Crippen MR) is 197 cm³/mol. The van der Waals surface area contributed by atoms with Crippen LogP contribution in [0, 0.1) is 5.92 Å². The Kier molecular flexibility index (Phi) is 16.1. The van der Waals surface area contributed by atoms with E-state index in [-0.39, 0.29) is 11.9 Å². The van der Waals surface area contributed by atoms with E-state index in [0.29, 0.717) is 11.6 Å². The van der Waals surface area contributed by atoms with E-state index < -0.39 is 0 Å². The van der Waals surface area contributed by atoms with Gasteiger partial charge in [-0.1, -0.05) is 57.9 Å². The lowest BCUT2D eigenvalue weighted by Gasteiger charge is -2.30. The number of nitrogens with two attached hydrogens (primary N) is 1. The number of hydrogen-bond donors (Lipinski definition) is 3. The minimum Gasteiger partial charge on any atom is -0.381 e. The maximum Gasteiger partial charge on any atom is 0.274 e. The van der Waals surface area contributed by atoms with Crippen LogP contribution in [0.2, 0.25) is 0 Å². The van der Waals surface area contributed by atoms with Gasteiger partial charge in [0.2, 0.25) is 0 Å². The maximum atomic E-state index is 13.0. The number of amides is 1. The van der Waals surface area contributed by atoms with Gasteiger partial charge in [-0.05, 0) is 106 Å². The molecule has 2 atom stereocenters. The molecule has 8 heteroatoms. The molecule has 1 saturated heterocycles. The van der Waals surface area contributed by atoms with Crippen LogP contribution < -0.4 is 16.4 Å². The number of amidine groups is 1. The molecule has 4 rings (SSSR count). The van der Waals surface area contributed by atoms with Crippen LogP contribution in [-0.4, -0.2) is 54.0 Å². The number of rotatable bonds is 13. The summed E-state index contributed by atoms with van der Waals surface area (Å²) in [6.45, 7) is 19.7. The number of anilines is 1. The Morgan fingerprint density at radius 2 is 1.87 bits per heavy atom.